The summed E-state index contributed by atoms with van der Waals surface area (Å²) in [4.78, 5) is 9.12. The number of hydrogen-bond donors (Lipinski definition) is 0. The van der Waals surface area contributed by atoms with Crippen LogP contribution in [0.2, 0.25) is 0 Å². The maximum absolute atomic E-state index is 4.56. The van der Waals surface area contributed by atoms with E-state index in [4.69, 9.17) is 0 Å². The summed E-state index contributed by atoms with van der Waals surface area (Å²) >= 11 is 6.87. The Labute approximate surface area is 155 Å². The van der Waals surface area contributed by atoms with Crippen LogP contribution in [0.4, 0.5) is 0 Å². The van der Waals surface area contributed by atoms with Crippen molar-refractivity contribution in [2.45, 2.75) is 13.8 Å². The minimum absolute atomic E-state index is 0.0394. The van der Waals surface area contributed by atoms with Gasteiger partial charge in [-0.1, -0.05) is 70.0 Å². The predicted molar refractivity (Wildman–Crippen MR) is 107 cm³/mol. The molecule has 0 aromatic heterocycles. The van der Waals surface area contributed by atoms with Gasteiger partial charge in [0, 0.05) is 39.9 Å². The third kappa shape index (κ3) is 6.80. The van der Waals surface area contributed by atoms with Crippen molar-refractivity contribution in [2.24, 2.45) is 15.4 Å². The van der Waals surface area contributed by atoms with Gasteiger partial charge in [-0.2, -0.15) is 0 Å². The fourth-order valence-electron chi connectivity index (χ4n) is 1.94. The van der Waals surface area contributed by atoms with Crippen LogP contribution >= 0.6 is 31.9 Å². The Morgan fingerprint density at radius 2 is 1.09 bits per heavy atom. The summed E-state index contributed by atoms with van der Waals surface area (Å²) in [7, 11) is 0. The highest BCUT2D eigenvalue weighted by atomic mass is 79.9. The van der Waals surface area contributed by atoms with Gasteiger partial charge in [0.05, 0.1) is 0 Å². The first kappa shape index (κ1) is 18.1. The highest BCUT2D eigenvalue weighted by Gasteiger charge is 2.15. The first-order valence-corrected chi connectivity index (χ1v) is 9.04. The lowest BCUT2D eigenvalue weighted by Crippen LogP contribution is -2.19. The number of nitrogens with zero attached hydrogens (tertiary/aromatic N) is 2. The van der Waals surface area contributed by atoms with E-state index >= 15 is 0 Å². The molecule has 2 aromatic rings. The minimum atomic E-state index is 0.0394. The summed E-state index contributed by atoms with van der Waals surface area (Å²) in [6.45, 7) is 5.87. The van der Waals surface area contributed by atoms with Crippen molar-refractivity contribution in [3.8, 4) is 0 Å². The zero-order valence-electron chi connectivity index (χ0n) is 13.3. The Kier molecular flexibility index (Phi) is 6.72. The first-order valence-electron chi connectivity index (χ1n) is 7.45. The molecule has 0 spiro atoms. The molecular formula is C19H20Br2N2. The molecule has 2 nitrogen and oxygen atoms in total. The maximum Gasteiger partial charge on any atom is 0.0458 e. The number of hydrogen-bond acceptors (Lipinski definition) is 2. The summed E-state index contributed by atoms with van der Waals surface area (Å²) in [5.41, 5.74) is 2.27. The number of halogens is 2. The van der Waals surface area contributed by atoms with Crippen molar-refractivity contribution >= 4 is 44.3 Å². The van der Waals surface area contributed by atoms with Gasteiger partial charge in [-0.05, 0) is 35.4 Å². The van der Waals surface area contributed by atoms with E-state index in [2.05, 4.69) is 55.7 Å². The number of benzene rings is 2. The van der Waals surface area contributed by atoms with Crippen molar-refractivity contribution < 1.29 is 0 Å². The van der Waals surface area contributed by atoms with E-state index in [0.717, 1.165) is 33.2 Å². The maximum atomic E-state index is 4.56. The molecule has 0 heterocycles. The molecule has 0 aliphatic rings. The zero-order chi connectivity index (χ0) is 16.7. The number of rotatable bonds is 6. The standard InChI is InChI=1S/C19H20Br2N2/c1-19(2,13-22-11-15-3-7-17(20)8-4-15)14-23-12-16-5-9-18(21)10-6-16/h3-12H,13-14H2,1-2H3. The minimum Gasteiger partial charge on any atom is -0.292 e. The molecule has 0 saturated heterocycles. The van der Waals surface area contributed by atoms with E-state index in [1.165, 1.54) is 0 Å². The molecule has 0 fully saturated rings. The second-order valence-electron chi connectivity index (χ2n) is 6.21. The van der Waals surface area contributed by atoms with Gasteiger partial charge in [0.15, 0.2) is 0 Å². The van der Waals surface area contributed by atoms with Crippen LogP contribution in [0.25, 0.3) is 0 Å². The van der Waals surface area contributed by atoms with Gasteiger partial charge < -0.3 is 0 Å². The fraction of sp³-hybridized carbons (Fsp3) is 0.263. The molecule has 120 valence electrons. The van der Waals surface area contributed by atoms with Gasteiger partial charge in [-0.15, -0.1) is 0 Å². The van der Waals surface area contributed by atoms with Crippen LogP contribution in [0, 0.1) is 5.41 Å². The van der Waals surface area contributed by atoms with Crippen LogP contribution in [0.15, 0.2) is 67.5 Å². The second kappa shape index (κ2) is 8.55. The van der Waals surface area contributed by atoms with Crippen LogP contribution in [0.5, 0.6) is 0 Å². The van der Waals surface area contributed by atoms with E-state index in [1.54, 1.807) is 0 Å². The molecule has 0 aliphatic carbocycles. The van der Waals surface area contributed by atoms with Gasteiger partial charge >= 0.3 is 0 Å². The summed E-state index contributed by atoms with van der Waals surface area (Å²) in [6, 6.07) is 16.3. The van der Waals surface area contributed by atoms with Gasteiger partial charge in [0.2, 0.25) is 0 Å². The molecule has 0 amide bonds. The molecule has 0 saturated carbocycles. The Hall–Kier alpha value is -1.26. The van der Waals surface area contributed by atoms with E-state index in [1.807, 2.05) is 61.0 Å². The van der Waals surface area contributed by atoms with Crippen molar-refractivity contribution in [3.05, 3.63) is 68.6 Å². The Balaban J connectivity index is 1.86. The monoisotopic (exact) mass is 434 g/mol. The van der Waals surface area contributed by atoms with Crippen molar-refractivity contribution in [1.29, 1.82) is 0 Å². The van der Waals surface area contributed by atoms with Crippen molar-refractivity contribution in [1.82, 2.24) is 0 Å². The average molecular weight is 436 g/mol. The van der Waals surface area contributed by atoms with Crippen LogP contribution in [-0.2, 0) is 0 Å². The molecule has 0 N–H and O–H groups in total. The molecular weight excluding hydrogens is 416 g/mol. The quantitative estimate of drug-likeness (QED) is 0.514. The molecule has 4 heteroatoms. The third-order valence-corrected chi connectivity index (χ3v) is 4.32. The van der Waals surface area contributed by atoms with Gasteiger partial charge in [-0.3, -0.25) is 9.98 Å². The third-order valence-electron chi connectivity index (χ3n) is 3.26. The average Bonchev–Trinajstić information content (AvgIpc) is 2.51. The lowest BCUT2D eigenvalue weighted by Gasteiger charge is -2.19. The second-order valence-corrected chi connectivity index (χ2v) is 8.04. The lowest BCUT2D eigenvalue weighted by atomic mass is 9.94. The number of aliphatic imine (C=N–C) groups is 2. The van der Waals surface area contributed by atoms with Gasteiger partial charge in [-0.25, -0.2) is 0 Å². The van der Waals surface area contributed by atoms with E-state index in [9.17, 15) is 0 Å². The molecule has 0 atom stereocenters. The summed E-state index contributed by atoms with van der Waals surface area (Å²) in [6.07, 6.45) is 3.85. The zero-order valence-corrected chi connectivity index (χ0v) is 16.5. The molecule has 0 bridgehead atoms. The molecule has 0 aliphatic heterocycles. The van der Waals surface area contributed by atoms with E-state index in [-0.39, 0.29) is 5.41 Å². The molecule has 0 radical (unpaired) electrons. The topological polar surface area (TPSA) is 24.7 Å². The molecule has 2 aromatic carbocycles. The summed E-state index contributed by atoms with van der Waals surface area (Å²) < 4.78 is 2.16. The Morgan fingerprint density at radius 1 is 0.739 bits per heavy atom. The van der Waals surface area contributed by atoms with Crippen molar-refractivity contribution in [2.75, 3.05) is 13.1 Å². The predicted octanol–water partition coefficient (Wildman–Crippen LogP) is 5.78. The molecule has 23 heavy (non-hydrogen) atoms. The van der Waals surface area contributed by atoms with Crippen LogP contribution in [-0.4, -0.2) is 25.5 Å². The SMILES string of the molecule is CC(C)(CN=Cc1ccc(Br)cc1)CN=Cc1ccc(Br)cc1. The summed E-state index contributed by atoms with van der Waals surface area (Å²) in [5, 5.41) is 0. The fourth-order valence-corrected chi connectivity index (χ4v) is 2.47. The van der Waals surface area contributed by atoms with Crippen molar-refractivity contribution in [3.63, 3.8) is 0 Å². The van der Waals surface area contributed by atoms with Crippen LogP contribution in [0.3, 0.4) is 0 Å². The van der Waals surface area contributed by atoms with Crippen LogP contribution in [0.1, 0.15) is 25.0 Å². The lowest BCUT2D eigenvalue weighted by molar-refractivity contribution is 0.396. The van der Waals surface area contributed by atoms with Gasteiger partial charge in [0.1, 0.15) is 0 Å². The Morgan fingerprint density at radius 3 is 1.43 bits per heavy atom. The van der Waals surface area contributed by atoms with E-state index < -0.39 is 0 Å². The molecule has 2 rings (SSSR count). The highest BCUT2D eigenvalue weighted by molar-refractivity contribution is 9.10. The first-order chi connectivity index (χ1) is 10.9. The highest BCUT2D eigenvalue weighted by Crippen LogP contribution is 2.16. The smallest absolute Gasteiger partial charge is 0.0458 e. The Bertz CT molecular complexity index is 612. The van der Waals surface area contributed by atoms with Gasteiger partial charge in [0.25, 0.3) is 0 Å². The molecule has 0 unspecified atom stereocenters. The van der Waals surface area contributed by atoms with E-state index in [0.29, 0.717) is 0 Å². The normalized spacial score (nSPS) is 12.3. The van der Waals surface area contributed by atoms with Crippen LogP contribution < -0.4 is 0 Å². The summed E-state index contributed by atoms with van der Waals surface area (Å²) in [5.74, 6) is 0. The largest absolute Gasteiger partial charge is 0.292 e.